The molecule has 0 radical (unpaired) electrons. The summed E-state index contributed by atoms with van der Waals surface area (Å²) in [6.07, 6.45) is 1.89. The lowest BCUT2D eigenvalue weighted by molar-refractivity contribution is -0.123. The zero-order chi connectivity index (χ0) is 22.4. The molecule has 1 heterocycles. The number of ether oxygens (including phenoxy) is 2. The van der Waals surface area contributed by atoms with Crippen molar-refractivity contribution in [2.45, 2.75) is 40.7 Å². The lowest BCUT2D eigenvalue weighted by Gasteiger charge is -2.19. The number of benzene rings is 2. The van der Waals surface area contributed by atoms with Crippen molar-refractivity contribution in [2.24, 2.45) is 10.9 Å². The molecule has 0 spiro atoms. The van der Waals surface area contributed by atoms with Crippen LogP contribution < -0.4 is 9.47 Å². The van der Waals surface area contributed by atoms with Gasteiger partial charge in [-0.25, -0.2) is 4.99 Å². The smallest absolute Gasteiger partial charge is 0.266 e. The SMILES string of the molecule is CCOc1cc(/C=C2/SC(=Nc3ccccc3)N(C(C)C)C2=O)ccc1OCC(C)C. The summed E-state index contributed by atoms with van der Waals surface area (Å²) in [5.74, 6) is 1.80. The van der Waals surface area contributed by atoms with Gasteiger partial charge in [-0.15, -0.1) is 0 Å². The molecule has 1 amide bonds. The monoisotopic (exact) mass is 438 g/mol. The van der Waals surface area contributed by atoms with Crippen LogP contribution in [0.2, 0.25) is 0 Å². The highest BCUT2D eigenvalue weighted by Gasteiger charge is 2.35. The van der Waals surface area contributed by atoms with Crippen molar-refractivity contribution < 1.29 is 14.3 Å². The third-order valence-corrected chi connectivity index (χ3v) is 5.45. The maximum atomic E-state index is 13.1. The fraction of sp³-hybridized carbons (Fsp3) is 0.360. The number of hydrogen-bond donors (Lipinski definition) is 0. The van der Waals surface area contributed by atoms with Crippen molar-refractivity contribution in [1.82, 2.24) is 4.90 Å². The van der Waals surface area contributed by atoms with Gasteiger partial charge in [-0.3, -0.25) is 9.69 Å². The van der Waals surface area contributed by atoms with Crippen LogP contribution in [0.25, 0.3) is 6.08 Å². The zero-order valence-electron chi connectivity index (χ0n) is 18.8. The van der Waals surface area contributed by atoms with Gasteiger partial charge in [-0.05, 0) is 74.4 Å². The number of aliphatic imine (C=N–C) groups is 1. The maximum Gasteiger partial charge on any atom is 0.266 e. The Balaban J connectivity index is 1.90. The molecule has 2 aromatic rings. The van der Waals surface area contributed by atoms with Gasteiger partial charge in [0.05, 0.1) is 23.8 Å². The average molecular weight is 439 g/mol. The summed E-state index contributed by atoms with van der Waals surface area (Å²) in [6, 6.07) is 15.5. The van der Waals surface area contributed by atoms with Crippen molar-refractivity contribution in [1.29, 1.82) is 0 Å². The second kappa shape index (κ2) is 10.5. The fourth-order valence-electron chi connectivity index (χ4n) is 3.04. The third kappa shape index (κ3) is 5.91. The molecule has 1 saturated heterocycles. The van der Waals surface area contributed by atoms with Crippen molar-refractivity contribution in [3.05, 3.63) is 59.0 Å². The van der Waals surface area contributed by atoms with Crippen LogP contribution in [0.15, 0.2) is 58.4 Å². The molecule has 0 N–H and O–H groups in total. The Labute approximate surface area is 189 Å². The van der Waals surface area contributed by atoms with E-state index in [-0.39, 0.29) is 11.9 Å². The van der Waals surface area contributed by atoms with Crippen LogP contribution in [-0.4, -0.2) is 35.2 Å². The summed E-state index contributed by atoms with van der Waals surface area (Å²) >= 11 is 1.40. The standard InChI is InChI=1S/C25H30N2O3S/c1-6-29-22-14-19(12-13-21(22)30-16-17(2)3)15-23-24(28)27(18(4)5)25(31-23)26-20-10-8-7-9-11-20/h7-15,17-18H,6,16H2,1-5H3/b23-15+,26-25?. The molecule has 0 aromatic heterocycles. The highest BCUT2D eigenvalue weighted by molar-refractivity contribution is 8.18. The van der Waals surface area contributed by atoms with Crippen molar-refractivity contribution in [2.75, 3.05) is 13.2 Å². The van der Waals surface area contributed by atoms with Gasteiger partial charge in [-0.2, -0.15) is 0 Å². The molecule has 0 atom stereocenters. The van der Waals surface area contributed by atoms with E-state index in [0.717, 1.165) is 17.0 Å². The van der Waals surface area contributed by atoms with Gasteiger partial charge in [-0.1, -0.05) is 38.1 Å². The first-order chi connectivity index (χ1) is 14.9. The molecule has 164 valence electrons. The van der Waals surface area contributed by atoms with E-state index < -0.39 is 0 Å². The number of thioether (sulfide) groups is 1. The summed E-state index contributed by atoms with van der Waals surface area (Å²) in [6.45, 7) is 11.3. The molecule has 3 rings (SSSR count). The van der Waals surface area contributed by atoms with Crippen LogP contribution in [0, 0.1) is 5.92 Å². The normalized spacial score (nSPS) is 16.7. The second-order valence-electron chi connectivity index (χ2n) is 7.95. The molecule has 31 heavy (non-hydrogen) atoms. The number of amides is 1. The zero-order valence-corrected chi connectivity index (χ0v) is 19.6. The van der Waals surface area contributed by atoms with Crippen LogP contribution in [0.3, 0.4) is 0 Å². The molecule has 1 aliphatic rings. The fourth-order valence-corrected chi connectivity index (χ4v) is 4.16. The van der Waals surface area contributed by atoms with Gasteiger partial charge in [0.2, 0.25) is 0 Å². The molecule has 1 fully saturated rings. The molecule has 0 aliphatic carbocycles. The van der Waals surface area contributed by atoms with Crippen molar-refractivity contribution >= 4 is 34.6 Å². The van der Waals surface area contributed by atoms with E-state index in [4.69, 9.17) is 14.5 Å². The van der Waals surface area contributed by atoms with E-state index in [1.54, 1.807) is 4.90 Å². The lowest BCUT2D eigenvalue weighted by atomic mass is 10.1. The van der Waals surface area contributed by atoms with Gasteiger partial charge in [0.15, 0.2) is 16.7 Å². The number of para-hydroxylation sites is 1. The van der Waals surface area contributed by atoms with E-state index in [0.29, 0.717) is 35.0 Å². The first-order valence-corrected chi connectivity index (χ1v) is 11.5. The summed E-state index contributed by atoms with van der Waals surface area (Å²) < 4.78 is 11.7. The minimum atomic E-state index is -0.0345. The van der Waals surface area contributed by atoms with E-state index in [9.17, 15) is 4.79 Å². The number of carbonyl (C=O) groups excluding carboxylic acids is 1. The Hall–Kier alpha value is -2.73. The van der Waals surface area contributed by atoms with E-state index in [1.165, 1.54) is 11.8 Å². The van der Waals surface area contributed by atoms with E-state index in [1.807, 2.05) is 75.4 Å². The van der Waals surface area contributed by atoms with E-state index >= 15 is 0 Å². The average Bonchev–Trinajstić information content (AvgIpc) is 3.03. The minimum Gasteiger partial charge on any atom is -0.490 e. The molecule has 1 aliphatic heterocycles. The summed E-state index contributed by atoms with van der Waals surface area (Å²) in [7, 11) is 0. The molecule has 5 nitrogen and oxygen atoms in total. The molecule has 0 bridgehead atoms. The van der Waals surface area contributed by atoms with Gasteiger partial charge in [0.1, 0.15) is 0 Å². The predicted octanol–water partition coefficient (Wildman–Crippen LogP) is 6.13. The summed E-state index contributed by atoms with van der Waals surface area (Å²) in [5.41, 5.74) is 1.72. The highest BCUT2D eigenvalue weighted by atomic mass is 32.2. The Morgan fingerprint density at radius 3 is 2.42 bits per heavy atom. The second-order valence-corrected chi connectivity index (χ2v) is 8.96. The van der Waals surface area contributed by atoms with E-state index in [2.05, 4.69) is 13.8 Å². The number of amidine groups is 1. The van der Waals surface area contributed by atoms with Crippen LogP contribution >= 0.6 is 11.8 Å². The van der Waals surface area contributed by atoms with Crippen LogP contribution in [0.5, 0.6) is 11.5 Å². The molecular weight excluding hydrogens is 408 g/mol. The Morgan fingerprint density at radius 2 is 1.77 bits per heavy atom. The van der Waals surface area contributed by atoms with Gasteiger partial charge >= 0.3 is 0 Å². The number of nitrogens with zero attached hydrogens (tertiary/aromatic N) is 2. The minimum absolute atomic E-state index is 0.0131. The van der Waals surface area contributed by atoms with Crippen molar-refractivity contribution in [3.63, 3.8) is 0 Å². The molecular formula is C25H30N2O3S. The topological polar surface area (TPSA) is 51.1 Å². The largest absolute Gasteiger partial charge is 0.490 e. The molecule has 6 heteroatoms. The quantitative estimate of drug-likeness (QED) is 0.465. The summed E-state index contributed by atoms with van der Waals surface area (Å²) in [4.78, 5) is 20.2. The predicted molar refractivity (Wildman–Crippen MR) is 129 cm³/mol. The molecule has 2 aromatic carbocycles. The van der Waals surface area contributed by atoms with Gasteiger partial charge < -0.3 is 9.47 Å². The number of rotatable bonds is 8. The Kier molecular flexibility index (Phi) is 7.80. The third-order valence-electron chi connectivity index (χ3n) is 4.47. The maximum absolute atomic E-state index is 13.1. The summed E-state index contributed by atoms with van der Waals surface area (Å²) in [5, 5.41) is 0.694. The van der Waals surface area contributed by atoms with Crippen molar-refractivity contribution in [3.8, 4) is 11.5 Å². The van der Waals surface area contributed by atoms with Crippen LogP contribution in [0.1, 0.15) is 40.2 Å². The Morgan fingerprint density at radius 1 is 1.03 bits per heavy atom. The van der Waals surface area contributed by atoms with Crippen LogP contribution in [0.4, 0.5) is 5.69 Å². The molecule has 0 unspecified atom stereocenters. The highest BCUT2D eigenvalue weighted by Crippen LogP contribution is 2.37. The lowest BCUT2D eigenvalue weighted by Crippen LogP contribution is -2.35. The van der Waals surface area contributed by atoms with Gasteiger partial charge in [0, 0.05) is 6.04 Å². The van der Waals surface area contributed by atoms with Crippen LogP contribution in [-0.2, 0) is 4.79 Å². The number of carbonyl (C=O) groups is 1. The number of hydrogen-bond acceptors (Lipinski definition) is 5. The first-order valence-electron chi connectivity index (χ1n) is 10.7. The first kappa shape index (κ1) is 22.9. The van der Waals surface area contributed by atoms with Gasteiger partial charge in [0.25, 0.3) is 5.91 Å². The Bertz CT molecular complexity index is 968. The molecule has 0 saturated carbocycles.